The molecule has 0 aliphatic carbocycles. The highest BCUT2D eigenvalue weighted by molar-refractivity contribution is 5.33. The van der Waals surface area contributed by atoms with Crippen molar-refractivity contribution in [2.45, 2.75) is 6.42 Å². The predicted octanol–water partition coefficient (Wildman–Crippen LogP) is 0.296. The predicted molar refractivity (Wildman–Crippen MR) is 45.7 cm³/mol. The summed E-state index contributed by atoms with van der Waals surface area (Å²) >= 11 is 0. The van der Waals surface area contributed by atoms with E-state index < -0.39 is 0 Å². The molecule has 0 unspecified atom stereocenters. The zero-order chi connectivity index (χ0) is 10.6. The second-order valence-electron chi connectivity index (χ2n) is 2.32. The zero-order valence-corrected chi connectivity index (χ0v) is 7.81. The number of methoxy groups -OCH3 is 2. The Balaban J connectivity index is 3.27. The maximum absolute atomic E-state index is 8.79. The van der Waals surface area contributed by atoms with Crippen molar-refractivity contribution in [3.8, 4) is 24.0 Å². The fraction of sp³-hybridized carbons (Fsp3) is 0.375. The molecule has 14 heavy (non-hydrogen) atoms. The fourth-order valence-electron chi connectivity index (χ4n) is 1.03. The van der Waals surface area contributed by atoms with Crippen molar-refractivity contribution < 1.29 is 9.47 Å². The van der Waals surface area contributed by atoms with Gasteiger partial charge in [0.15, 0.2) is 6.19 Å². The van der Waals surface area contributed by atoms with Crippen molar-refractivity contribution in [3.05, 3.63) is 5.82 Å². The van der Waals surface area contributed by atoms with Crippen LogP contribution in [0.3, 0.4) is 0 Å². The van der Waals surface area contributed by atoms with Gasteiger partial charge < -0.3 is 9.47 Å². The molecule has 6 nitrogen and oxygen atoms in total. The molecule has 1 rings (SSSR count). The summed E-state index contributed by atoms with van der Waals surface area (Å²) in [4.78, 5) is 3.93. The lowest BCUT2D eigenvalue weighted by Gasteiger charge is -1.99. The first-order valence-electron chi connectivity index (χ1n) is 3.75. The first-order chi connectivity index (χ1) is 6.78. The Hall–Kier alpha value is -2.21. The summed E-state index contributed by atoms with van der Waals surface area (Å²) in [6, 6.07) is 1.90. The normalized spacial score (nSPS) is 8.86. The number of aromatic nitrogens is 2. The molecule has 0 aromatic carbocycles. The lowest BCUT2D eigenvalue weighted by molar-refractivity contribution is 0.335. The average molecular weight is 192 g/mol. The Morgan fingerprint density at radius 3 is 2.50 bits per heavy atom. The van der Waals surface area contributed by atoms with Crippen LogP contribution in [-0.2, 0) is 6.42 Å². The van der Waals surface area contributed by atoms with E-state index in [1.54, 1.807) is 0 Å². The van der Waals surface area contributed by atoms with Crippen LogP contribution < -0.4 is 9.47 Å². The Morgan fingerprint density at radius 1 is 1.36 bits per heavy atom. The third-order valence-electron chi connectivity index (χ3n) is 1.60. The monoisotopic (exact) mass is 192 g/mol. The van der Waals surface area contributed by atoms with E-state index in [0.717, 1.165) is 4.57 Å². The molecular weight excluding hydrogens is 184 g/mol. The number of hydrogen-bond acceptors (Lipinski definition) is 5. The molecule has 0 N–H and O–H groups in total. The highest BCUT2D eigenvalue weighted by atomic mass is 16.5. The van der Waals surface area contributed by atoms with Crippen molar-refractivity contribution in [3.63, 3.8) is 0 Å². The lowest BCUT2D eigenvalue weighted by atomic mass is 10.4. The minimum Gasteiger partial charge on any atom is -0.478 e. The van der Waals surface area contributed by atoms with Gasteiger partial charge in [0.1, 0.15) is 5.82 Å². The van der Waals surface area contributed by atoms with Crippen molar-refractivity contribution in [2.75, 3.05) is 14.2 Å². The molecule has 0 saturated heterocycles. The summed E-state index contributed by atoms with van der Waals surface area (Å²) in [6.07, 6.45) is 1.89. The van der Waals surface area contributed by atoms with E-state index in [-0.39, 0.29) is 18.2 Å². The fourth-order valence-corrected chi connectivity index (χ4v) is 1.03. The summed E-state index contributed by atoms with van der Waals surface area (Å²) in [7, 11) is 2.83. The minimum atomic E-state index is 0.0350. The summed E-state index contributed by atoms with van der Waals surface area (Å²) in [6.45, 7) is 0. The first kappa shape index (κ1) is 9.87. The largest absolute Gasteiger partial charge is 0.478 e. The van der Waals surface area contributed by atoms with Crippen LogP contribution in [0.15, 0.2) is 0 Å². The highest BCUT2D eigenvalue weighted by Crippen LogP contribution is 2.26. The summed E-state index contributed by atoms with van der Waals surface area (Å²) in [5, 5.41) is 17.3. The van der Waals surface area contributed by atoms with Crippen molar-refractivity contribution >= 4 is 0 Å². The molecule has 0 aliphatic rings. The number of nitriles is 2. The molecule has 0 aliphatic heterocycles. The molecule has 1 aromatic rings. The van der Waals surface area contributed by atoms with Crippen LogP contribution in [0.25, 0.3) is 0 Å². The summed E-state index contributed by atoms with van der Waals surface area (Å²) in [5.41, 5.74) is 0. The number of hydrogen-bond donors (Lipinski definition) is 0. The van der Waals surface area contributed by atoms with Gasteiger partial charge in [-0.05, 0) is 0 Å². The van der Waals surface area contributed by atoms with Crippen LogP contribution in [0.2, 0.25) is 0 Å². The van der Waals surface area contributed by atoms with E-state index in [4.69, 9.17) is 20.0 Å². The van der Waals surface area contributed by atoms with Crippen LogP contribution in [0, 0.1) is 22.8 Å². The van der Waals surface area contributed by atoms with Gasteiger partial charge in [-0.3, -0.25) is 0 Å². The molecular formula is C8H8N4O2. The number of ether oxygens (including phenoxy) is 2. The maximum atomic E-state index is 8.79. The van der Waals surface area contributed by atoms with Crippen molar-refractivity contribution in [1.29, 1.82) is 10.5 Å². The highest BCUT2D eigenvalue weighted by Gasteiger charge is 2.17. The van der Waals surface area contributed by atoms with Gasteiger partial charge in [-0.15, -0.1) is 0 Å². The Morgan fingerprint density at radius 2 is 2.07 bits per heavy atom. The van der Waals surface area contributed by atoms with E-state index >= 15 is 0 Å². The van der Waals surface area contributed by atoms with Gasteiger partial charge in [0.2, 0.25) is 0 Å². The van der Waals surface area contributed by atoms with E-state index in [1.165, 1.54) is 14.2 Å². The molecule has 1 aromatic heterocycles. The van der Waals surface area contributed by atoms with Gasteiger partial charge in [0, 0.05) is 0 Å². The molecule has 0 spiro atoms. The van der Waals surface area contributed by atoms with E-state index in [9.17, 15) is 0 Å². The molecule has 0 radical (unpaired) electrons. The Bertz CT molecular complexity index is 410. The van der Waals surface area contributed by atoms with Gasteiger partial charge in [-0.1, -0.05) is 0 Å². The third-order valence-corrected chi connectivity index (χ3v) is 1.60. The second kappa shape index (κ2) is 4.15. The van der Waals surface area contributed by atoms with Crippen LogP contribution in [0.5, 0.6) is 11.8 Å². The minimum absolute atomic E-state index is 0.0350. The molecule has 6 heteroatoms. The van der Waals surface area contributed by atoms with Crippen LogP contribution in [-0.4, -0.2) is 23.8 Å². The van der Waals surface area contributed by atoms with E-state index in [0.29, 0.717) is 5.82 Å². The lowest BCUT2D eigenvalue weighted by Crippen LogP contribution is -1.99. The topological polar surface area (TPSA) is 83.9 Å². The van der Waals surface area contributed by atoms with Gasteiger partial charge in [-0.25, -0.2) is 0 Å². The zero-order valence-electron chi connectivity index (χ0n) is 7.81. The standard InChI is InChI=1S/C8H8N4O2/c1-13-7-8(14-2)12(5-10)6(11-7)3-4-9/h3H2,1-2H3. The number of rotatable bonds is 3. The first-order valence-corrected chi connectivity index (χ1v) is 3.75. The molecule has 1 heterocycles. The SMILES string of the molecule is COc1nc(CC#N)n(C#N)c1OC. The number of nitrogens with zero attached hydrogens (tertiary/aromatic N) is 4. The Kier molecular flexibility index (Phi) is 2.93. The van der Waals surface area contributed by atoms with Crippen LogP contribution in [0.1, 0.15) is 5.82 Å². The van der Waals surface area contributed by atoms with Crippen molar-refractivity contribution in [2.24, 2.45) is 0 Å². The average Bonchev–Trinajstić information content (AvgIpc) is 2.55. The number of imidazole rings is 1. The van der Waals surface area contributed by atoms with E-state index in [2.05, 4.69) is 4.98 Å². The molecule has 72 valence electrons. The molecule has 0 amide bonds. The quantitative estimate of drug-likeness (QED) is 0.687. The van der Waals surface area contributed by atoms with Gasteiger partial charge >= 0.3 is 0 Å². The van der Waals surface area contributed by atoms with Gasteiger partial charge in [0.25, 0.3) is 11.8 Å². The van der Waals surface area contributed by atoms with Crippen LogP contribution >= 0.6 is 0 Å². The second-order valence-corrected chi connectivity index (χ2v) is 2.32. The smallest absolute Gasteiger partial charge is 0.278 e. The Labute approximate surface area is 80.9 Å². The van der Waals surface area contributed by atoms with Gasteiger partial charge in [-0.2, -0.15) is 20.1 Å². The summed E-state index contributed by atoms with van der Waals surface area (Å²) < 4.78 is 10.9. The molecule has 0 atom stereocenters. The van der Waals surface area contributed by atoms with Gasteiger partial charge in [0.05, 0.1) is 26.7 Å². The van der Waals surface area contributed by atoms with Crippen LogP contribution in [0.4, 0.5) is 0 Å². The maximum Gasteiger partial charge on any atom is 0.278 e. The molecule has 0 fully saturated rings. The van der Waals surface area contributed by atoms with E-state index in [1.807, 2.05) is 12.3 Å². The third kappa shape index (κ3) is 1.46. The molecule has 0 bridgehead atoms. The summed E-state index contributed by atoms with van der Waals surface area (Å²) in [5.74, 6) is 0.725. The molecule has 0 saturated carbocycles. The van der Waals surface area contributed by atoms with Crippen molar-refractivity contribution in [1.82, 2.24) is 9.55 Å².